The molecular weight excluding hydrogens is 154 g/mol. The molecule has 1 radical (unpaired) electrons. The first kappa shape index (κ1) is 8.59. The van der Waals surface area contributed by atoms with E-state index in [0.717, 1.165) is 5.56 Å². The van der Waals surface area contributed by atoms with Gasteiger partial charge in [0.05, 0.1) is 0 Å². The van der Waals surface area contributed by atoms with Crippen molar-refractivity contribution in [1.29, 1.82) is 0 Å². The van der Waals surface area contributed by atoms with E-state index in [1.165, 1.54) is 0 Å². The van der Waals surface area contributed by atoms with Gasteiger partial charge < -0.3 is 10.8 Å². The number of carbonyl (C=O) groups is 1. The third-order valence-corrected chi connectivity index (χ3v) is 1.57. The topological polar surface area (TPSA) is 63.3 Å². The van der Waals surface area contributed by atoms with E-state index in [4.69, 9.17) is 10.8 Å². The first-order valence-corrected chi connectivity index (χ1v) is 3.67. The number of benzene rings is 1. The monoisotopic (exact) mass is 164 g/mol. The molecule has 0 bridgehead atoms. The quantitative estimate of drug-likeness (QED) is 0.657. The number of rotatable bonds is 3. The molecule has 1 aromatic carbocycles. The van der Waals surface area contributed by atoms with Crippen LogP contribution in [0.1, 0.15) is 12.0 Å². The number of hydrogen-bond acceptors (Lipinski definition) is 2. The van der Waals surface area contributed by atoms with Crippen molar-refractivity contribution in [3.63, 3.8) is 0 Å². The van der Waals surface area contributed by atoms with Crippen LogP contribution in [0.3, 0.4) is 0 Å². The molecule has 3 nitrogen and oxygen atoms in total. The predicted molar refractivity (Wildman–Crippen MR) is 45.6 cm³/mol. The molecule has 63 valence electrons. The smallest absolute Gasteiger partial charge is 0.303 e. The Morgan fingerprint density at radius 3 is 3.00 bits per heavy atom. The summed E-state index contributed by atoms with van der Waals surface area (Å²) in [7, 11) is 0. The van der Waals surface area contributed by atoms with Crippen LogP contribution in [0.15, 0.2) is 18.2 Å². The highest BCUT2D eigenvalue weighted by Crippen LogP contribution is 2.11. The van der Waals surface area contributed by atoms with Crippen molar-refractivity contribution in [3.8, 4) is 0 Å². The number of carboxylic acids is 1. The van der Waals surface area contributed by atoms with Gasteiger partial charge >= 0.3 is 5.97 Å². The van der Waals surface area contributed by atoms with Crippen LogP contribution in [0.4, 0.5) is 5.69 Å². The second kappa shape index (κ2) is 3.76. The molecule has 0 aromatic heterocycles. The van der Waals surface area contributed by atoms with E-state index >= 15 is 0 Å². The number of hydrogen-bond donors (Lipinski definition) is 2. The number of aryl methyl sites for hydroxylation is 1. The van der Waals surface area contributed by atoms with Crippen LogP contribution < -0.4 is 5.73 Å². The summed E-state index contributed by atoms with van der Waals surface area (Å²) in [6.07, 6.45) is 0.548. The Bertz CT molecular complexity index is 284. The highest BCUT2D eigenvalue weighted by atomic mass is 16.4. The summed E-state index contributed by atoms with van der Waals surface area (Å²) in [6, 6.07) is 8.15. The van der Waals surface area contributed by atoms with Gasteiger partial charge in [-0.05, 0) is 24.1 Å². The fraction of sp³-hybridized carbons (Fsp3) is 0.222. The summed E-state index contributed by atoms with van der Waals surface area (Å²) in [5, 5.41) is 8.41. The van der Waals surface area contributed by atoms with Crippen LogP contribution in [0.2, 0.25) is 0 Å². The molecule has 12 heavy (non-hydrogen) atoms. The molecule has 3 heteroatoms. The fourth-order valence-electron chi connectivity index (χ4n) is 0.933. The summed E-state index contributed by atoms with van der Waals surface area (Å²) < 4.78 is 0. The molecule has 0 saturated carbocycles. The van der Waals surface area contributed by atoms with Gasteiger partial charge in [-0.15, -0.1) is 0 Å². The SMILES string of the molecule is Nc1ccc[c]c1CCC(=O)O. The highest BCUT2D eigenvalue weighted by molar-refractivity contribution is 5.67. The molecule has 0 atom stereocenters. The van der Waals surface area contributed by atoms with Crippen LogP contribution in [-0.2, 0) is 11.2 Å². The largest absolute Gasteiger partial charge is 0.481 e. The average Bonchev–Trinajstić information content (AvgIpc) is 2.03. The first-order valence-electron chi connectivity index (χ1n) is 3.67. The number of carboxylic acid groups (broad SMARTS) is 1. The fourth-order valence-corrected chi connectivity index (χ4v) is 0.933. The van der Waals surface area contributed by atoms with Crippen molar-refractivity contribution in [2.45, 2.75) is 12.8 Å². The van der Waals surface area contributed by atoms with Crippen molar-refractivity contribution in [2.75, 3.05) is 5.73 Å². The maximum atomic E-state index is 10.2. The third kappa shape index (κ3) is 2.27. The van der Waals surface area contributed by atoms with E-state index in [2.05, 4.69) is 6.07 Å². The van der Waals surface area contributed by atoms with E-state index in [1.54, 1.807) is 18.2 Å². The minimum atomic E-state index is -0.813. The Balaban J connectivity index is 2.63. The molecule has 0 heterocycles. The van der Waals surface area contributed by atoms with E-state index < -0.39 is 5.97 Å². The zero-order valence-electron chi connectivity index (χ0n) is 6.58. The van der Waals surface area contributed by atoms with E-state index in [9.17, 15) is 4.79 Å². The van der Waals surface area contributed by atoms with Gasteiger partial charge in [0.15, 0.2) is 0 Å². The van der Waals surface area contributed by atoms with Gasteiger partial charge in [0.1, 0.15) is 0 Å². The van der Waals surface area contributed by atoms with Crippen molar-refractivity contribution < 1.29 is 9.90 Å². The summed E-state index contributed by atoms with van der Waals surface area (Å²) >= 11 is 0. The maximum Gasteiger partial charge on any atom is 0.303 e. The second-order valence-corrected chi connectivity index (χ2v) is 2.50. The normalized spacial score (nSPS) is 9.67. The summed E-state index contributed by atoms with van der Waals surface area (Å²) in [4.78, 5) is 10.2. The molecule has 0 aliphatic heterocycles. The van der Waals surface area contributed by atoms with Gasteiger partial charge in [-0.3, -0.25) is 4.79 Å². The molecule has 0 aliphatic rings. The number of aliphatic carboxylic acids is 1. The van der Waals surface area contributed by atoms with Crippen molar-refractivity contribution in [3.05, 3.63) is 29.8 Å². The van der Waals surface area contributed by atoms with Crippen molar-refractivity contribution >= 4 is 11.7 Å². The summed E-state index contributed by atoms with van der Waals surface area (Å²) in [6.45, 7) is 0. The summed E-state index contributed by atoms with van der Waals surface area (Å²) in [5.41, 5.74) is 6.97. The molecule has 0 saturated heterocycles. The molecule has 0 fully saturated rings. The van der Waals surface area contributed by atoms with Gasteiger partial charge in [0.25, 0.3) is 0 Å². The molecule has 0 aliphatic carbocycles. The molecule has 0 spiro atoms. The van der Waals surface area contributed by atoms with Gasteiger partial charge in [0, 0.05) is 12.1 Å². The minimum absolute atomic E-state index is 0.102. The molecular formula is C9H10NO2. The van der Waals surface area contributed by atoms with Crippen LogP contribution >= 0.6 is 0 Å². The highest BCUT2D eigenvalue weighted by Gasteiger charge is 2.01. The number of nitrogen functional groups attached to an aromatic ring is 1. The van der Waals surface area contributed by atoms with E-state index in [0.29, 0.717) is 12.1 Å². The number of anilines is 1. The third-order valence-electron chi connectivity index (χ3n) is 1.57. The maximum absolute atomic E-state index is 10.2. The molecule has 0 unspecified atom stereocenters. The number of nitrogens with two attached hydrogens (primary N) is 1. The average molecular weight is 164 g/mol. The van der Waals surface area contributed by atoms with Gasteiger partial charge in [0.2, 0.25) is 0 Å². The Kier molecular flexibility index (Phi) is 2.69. The Labute approximate surface area is 70.8 Å². The molecule has 1 aromatic rings. The Hall–Kier alpha value is -1.51. The van der Waals surface area contributed by atoms with Crippen LogP contribution in [0, 0.1) is 6.07 Å². The van der Waals surface area contributed by atoms with Gasteiger partial charge in [-0.2, -0.15) is 0 Å². The zero-order chi connectivity index (χ0) is 8.97. The molecule has 0 amide bonds. The van der Waals surface area contributed by atoms with Crippen LogP contribution in [-0.4, -0.2) is 11.1 Å². The Morgan fingerprint density at radius 1 is 1.67 bits per heavy atom. The lowest BCUT2D eigenvalue weighted by Gasteiger charge is -2.01. The van der Waals surface area contributed by atoms with E-state index in [-0.39, 0.29) is 6.42 Å². The van der Waals surface area contributed by atoms with Crippen molar-refractivity contribution in [2.24, 2.45) is 0 Å². The lowest BCUT2D eigenvalue weighted by atomic mass is 10.1. The molecule has 1 rings (SSSR count). The second-order valence-electron chi connectivity index (χ2n) is 2.50. The van der Waals surface area contributed by atoms with Gasteiger partial charge in [-0.25, -0.2) is 0 Å². The zero-order valence-corrected chi connectivity index (χ0v) is 6.58. The van der Waals surface area contributed by atoms with E-state index in [1.807, 2.05) is 0 Å². The standard InChI is InChI=1S/C9H10NO2/c10-8-4-2-1-3-7(8)5-6-9(11)12/h1-2,4H,5-6,10H2,(H,11,12). The van der Waals surface area contributed by atoms with Crippen molar-refractivity contribution in [1.82, 2.24) is 0 Å². The van der Waals surface area contributed by atoms with Gasteiger partial charge in [-0.1, -0.05) is 12.1 Å². The lowest BCUT2D eigenvalue weighted by Crippen LogP contribution is -2.00. The lowest BCUT2D eigenvalue weighted by molar-refractivity contribution is -0.136. The minimum Gasteiger partial charge on any atom is -0.481 e. The molecule has 3 N–H and O–H groups in total. The predicted octanol–water partition coefficient (Wildman–Crippen LogP) is 1.09. The Morgan fingerprint density at radius 2 is 2.42 bits per heavy atom. The summed E-state index contributed by atoms with van der Waals surface area (Å²) in [5.74, 6) is -0.813. The van der Waals surface area contributed by atoms with Crippen LogP contribution in [0.5, 0.6) is 0 Å². The van der Waals surface area contributed by atoms with Crippen LogP contribution in [0.25, 0.3) is 0 Å². The first-order chi connectivity index (χ1) is 5.70.